The number of aromatic nitrogens is 1. The third-order valence-corrected chi connectivity index (χ3v) is 2.52. The molecule has 0 saturated carbocycles. The summed E-state index contributed by atoms with van der Waals surface area (Å²) < 4.78 is 0. The lowest BCUT2D eigenvalue weighted by Crippen LogP contribution is -2.00. The summed E-state index contributed by atoms with van der Waals surface area (Å²) in [5.74, 6) is 0.777. The van der Waals surface area contributed by atoms with Gasteiger partial charge in [-0.15, -0.1) is 0 Å². The molecule has 0 aliphatic rings. The van der Waals surface area contributed by atoms with E-state index in [1.54, 1.807) is 6.92 Å². The van der Waals surface area contributed by atoms with Crippen molar-refractivity contribution in [2.75, 3.05) is 0 Å². The Morgan fingerprint density at radius 3 is 2.57 bits per heavy atom. The van der Waals surface area contributed by atoms with Crippen LogP contribution in [0, 0.1) is 0 Å². The second-order valence-electron chi connectivity index (χ2n) is 3.63. The Labute approximate surface area is 85.4 Å². The largest absolute Gasteiger partial charge is 0.300 e. The summed E-state index contributed by atoms with van der Waals surface area (Å²) in [5, 5.41) is 0. The molecule has 0 spiro atoms. The van der Waals surface area contributed by atoms with E-state index in [0.717, 1.165) is 12.8 Å². The zero-order valence-corrected chi connectivity index (χ0v) is 8.86. The number of carbonyl (C=O) groups is 1. The minimum absolute atomic E-state index is 0.275. The molecule has 0 radical (unpaired) electrons. The molecule has 1 heterocycles. The fourth-order valence-electron chi connectivity index (χ4n) is 1.62. The van der Waals surface area contributed by atoms with Crippen LogP contribution in [0.15, 0.2) is 24.5 Å². The lowest BCUT2D eigenvalue weighted by Gasteiger charge is -2.13. The average molecular weight is 191 g/mol. The van der Waals surface area contributed by atoms with Gasteiger partial charge in [-0.2, -0.15) is 0 Å². The van der Waals surface area contributed by atoms with Crippen molar-refractivity contribution in [3.05, 3.63) is 30.1 Å². The number of carbonyl (C=O) groups excluding carboxylic acids is 1. The Bertz CT molecular complexity index is 282. The van der Waals surface area contributed by atoms with E-state index < -0.39 is 0 Å². The normalized spacial score (nSPS) is 12.4. The van der Waals surface area contributed by atoms with E-state index in [4.69, 9.17) is 0 Å². The van der Waals surface area contributed by atoms with Gasteiger partial charge in [0, 0.05) is 18.8 Å². The summed E-state index contributed by atoms with van der Waals surface area (Å²) in [6.07, 6.45) is 6.34. The maximum absolute atomic E-state index is 10.9. The van der Waals surface area contributed by atoms with Crippen molar-refractivity contribution in [2.24, 2.45) is 0 Å². The molecule has 0 aromatic carbocycles. The summed E-state index contributed by atoms with van der Waals surface area (Å²) >= 11 is 0. The molecule has 2 heteroatoms. The minimum Gasteiger partial charge on any atom is -0.300 e. The van der Waals surface area contributed by atoms with Crippen LogP contribution in [0.1, 0.15) is 44.6 Å². The molecular formula is C12H17NO. The zero-order valence-electron chi connectivity index (χ0n) is 8.86. The molecule has 0 amide bonds. The van der Waals surface area contributed by atoms with Crippen LogP contribution in [-0.4, -0.2) is 10.8 Å². The van der Waals surface area contributed by atoms with Crippen LogP contribution < -0.4 is 0 Å². The summed E-state index contributed by atoms with van der Waals surface area (Å²) in [7, 11) is 0. The maximum atomic E-state index is 10.9. The molecule has 1 aromatic heterocycles. The van der Waals surface area contributed by atoms with Gasteiger partial charge in [-0.25, -0.2) is 0 Å². The summed E-state index contributed by atoms with van der Waals surface area (Å²) in [6, 6.07) is 4.07. The van der Waals surface area contributed by atoms with Crippen molar-refractivity contribution in [1.29, 1.82) is 0 Å². The van der Waals surface area contributed by atoms with Crippen molar-refractivity contribution < 1.29 is 4.79 Å². The standard InChI is InChI=1S/C12H17NO/c1-3-11(5-4-10(2)14)12-6-8-13-9-7-12/h6-9,11H,3-5H2,1-2H3. The number of rotatable bonds is 5. The highest BCUT2D eigenvalue weighted by Crippen LogP contribution is 2.23. The van der Waals surface area contributed by atoms with Crippen LogP contribution >= 0.6 is 0 Å². The lowest BCUT2D eigenvalue weighted by atomic mass is 9.92. The van der Waals surface area contributed by atoms with E-state index in [1.165, 1.54) is 5.56 Å². The van der Waals surface area contributed by atoms with Gasteiger partial charge in [0.05, 0.1) is 0 Å². The van der Waals surface area contributed by atoms with Crippen molar-refractivity contribution in [1.82, 2.24) is 4.98 Å². The van der Waals surface area contributed by atoms with E-state index >= 15 is 0 Å². The highest BCUT2D eigenvalue weighted by atomic mass is 16.1. The van der Waals surface area contributed by atoms with Gasteiger partial charge in [-0.1, -0.05) is 6.92 Å². The Kier molecular flexibility index (Phi) is 4.30. The second kappa shape index (κ2) is 5.53. The van der Waals surface area contributed by atoms with Crippen LogP contribution in [-0.2, 0) is 4.79 Å². The Hall–Kier alpha value is -1.18. The molecule has 0 aliphatic heterocycles. The molecule has 0 bridgehead atoms. The van der Waals surface area contributed by atoms with Crippen molar-refractivity contribution in [3.63, 3.8) is 0 Å². The lowest BCUT2D eigenvalue weighted by molar-refractivity contribution is -0.117. The summed E-state index contributed by atoms with van der Waals surface area (Å²) in [5.41, 5.74) is 1.30. The zero-order chi connectivity index (χ0) is 10.4. The summed E-state index contributed by atoms with van der Waals surface area (Å²) in [4.78, 5) is 14.9. The molecular weight excluding hydrogens is 174 g/mol. The average Bonchev–Trinajstić information content (AvgIpc) is 2.20. The molecule has 76 valence electrons. The number of hydrogen-bond acceptors (Lipinski definition) is 2. The Balaban J connectivity index is 2.58. The number of pyridine rings is 1. The molecule has 14 heavy (non-hydrogen) atoms. The molecule has 0 fully saturated rings. The van der Waals surface area contributed by atoms with Gasteiger partial charge < -0.3 is 4.79 Å². The molecule has 0 aliphatic carbocycles. The van der Waals surface area contributed by atoms with E-state index in [9.17, 15) is 4.79 Å². The van der Waals surface area contributed by atoms with Crippen LogP contribution in [0.4, 0.5) is 0 Å². The van der Waals surface area contributed by atoms with Gasteiger partial charge in [-0.3, -0.25) is 4.98 Å². The molecule has 2 nitrogen and oxygen atoms in total. The number of Topliss-reactive ketones (excluding diaryl/α,β-unsaturated/α-hetero) is 1. The summed E-state index contributed by atoms with van der Waals surface area (Å²) in [6.45, 7) is 3.81. The molecule has 0 saturated heterocycles. The smallest absolute Gasteiger partial charge is 0.129 e. The van der Waals surface area contributed by atoms with Gasteiger partial charge in [0.2, 0.25) is 0 Å². The van der Waals surface area contributed by atoms with Crippen LogP contribution in [0.25, 0.3) is 0 Å². The van der Waals surface area contributed by atoms with E-state index in [1.807, 2.05) is 24.5 Å². The van der Waals surface area contributed by atoms with Gasteiger partial charge in [0.25, 0.3) is 0 Å². The van der Waals surface area contributed by atoms with Crippen LogP contribution in [0.2, 0.25) is 0 Å². The van der Waals surface area contributed by atoms with Crippen LogP contribution in [0.5, 0.6) is 0 Å². The molecule has 1 atom stereocenters. The molecule has 1 unspecified atom stereocenters. The number of ketones is 1. The Morgan fingerprint density at radius 2 is 2.07 bits per heavy atom. The fourth-order valence-corrected chi connectivity index (χ4v) is 1.62. The third-order valence-electron chi connectivity index (χ3n) is 2.52. The van der Waals surface area contributed by atoms with Crippen molar-refractivity contribution in [2.45, 2.75) is 39.0 Å². The number of nitrogens with zero attached hydrogens (tertiary/aromatic N) is 1. The first kappa shape index (κ1) is 10.9. The quantitative estimate of drug-likeness (QED) is 0.716. The highest BCUT2D eigenvalue weighted by molar-refractivity contribution is 5.75. The molecule has 1 rings (SSSR count). The highest BCUT2D eigenvalue weighted by Gasteiger charge is 2.09. The van der Waals surface area contributed by atoms with Gasteiger partial charge >= 0.3 is 0 Å². The molecule has 1 aromatic rings. The first-order valence-corrected chi connectivity index (χ1v) is 5.13. The van der Waals surface area contributed by atoms with Crippen LogP contribution in [0.3, 0.4) is 0 Å². The topological polar surface area (TPSA) is 30.0 Å². The van der Waals surface area contributed by atoms with E-state index in [0.29, 0.717) is 12.3 Å². The molecule has 0 N–H and O–H groups in total. The van der Waals surface area contributed by atoms with Crippen molar-refractivity contribution >= 4 is 5.78 Å². The SMILES string of the molecule is CCC(CCC(C)=O)c1ccncc1. The van der Waals surface area contributed by atoms with E-state index in [2.05, 4.69) is 11.9 Å². The maximum Gasteiger partial charge on any atom is 0.129 e. The second-order valence-corrected chi connectivity index (χ2v) is 3.63. The van der Waals surface area contributed by atoms with Gasteiger partial charge in [-0.05, 0) is 43.4 Å². The Morgan fingerprint density at radius 1 is 1.43 bits per heavy atom. The van der Waals surface area contributed by atoms with E-state index in [-0.39, 0.29) is 5.78 Å². The minimum atomic E-state index is 0.275. The predicted molar refractivity (Wildman–Crippen MR) is 57.2 cm³/mol. The first-order chi connectivity index (χ1) is 6.74. The predicted octanol–water partition coefficient (Wildman–Crippen LogP) is 2.94. The van der Waals surface area contributed by atoms with Gasteiger partial charge in [0.1, 0.15) is 5.78 Å². The monoisotopic (exact) mass is 191 g/mol. The fraction of sp³-hybridized carbons (Fsp3) is 0.500. The van der Waals surface area contributed by atoms with Crippen molar-refractivity contribution in [3.8, 4) is 0 Å². The number of hydrogen-bond donors (Lipinski definition) is 0. The van der Waals surface area contributed by atoms with Gasteiger partial charge in [0.15, 0.2) is 0 Å². The first-order valence-electron chi connectivity index (χ1n) is 5.13. The third kappa shape index (κ3) is 3.29.